The molecule has 100 valence electrons. The van der Waals surface area contributed by atoms with Crippen molar-refractivity contribution in [2.45, 2.75) is 20.8 Å². The molecule has 1 rings (SSSR count). The monoisotopic (exact) mass is 268 g/mol. The fourth-order valence-corrected chi connectivity index (χ4v) is 1.51. The van der Waals surface area contributed by atoms with Crippen LogP contribution in [0, 0.1) is 11.8 Å². The Morgan fingerprint density at radius 3 is 2.39 bits per heavy atom. The van der Waals surface area contributed by atoms with Gasteiger partial charge in [-0.2, -0.15) is 0 Å². The van der Waals surface area contributed by atoms with Gasteiger partial charge in [-0.05, 0) is 42.6 Å². The minimum absolute atomic E-state index is 0.0340. The zero-order valence-corrected chi connectivity index (χ0v) is 11.9. The van der Waals surface area contributed by atoms with Crippen LogP contribution < -0.4 is 10.6 Å². The van der Waals surface area contributed by atoms with Gasteiger partial charge in [0.25, 0.3) is 0 Å². The first-order valence-electron chi connectivity index (χ1n) is 6.25. The van der Waals surface area contributed by atoms with Gasteiger partial charge in [0.1, 0.15) is 0 Å². The molecule has 0 fully saturated rings. The lowest BCUT2D eigenvalue weighted by atomic mass is 9.98. The van der Waals surface area contributed by atoms with Crippen molar-refractivity contribution in [2.75, 3.05) is 18.4 Å². The quantitative estimate of drug-likeness (QED) is 0.832. The lowest BCUT2D eigenvalue weighted by Crippen LogP contribution is -2.32. The van der Waals surface area contributed by atoms with E-state index in [1.807, 2.05) is 0 Å². The Morgan fingerprint density at radius 1 is 1.22 bits per heavy atom. The van der Waals surface area contributed by atoms with E-state index in [1.165, 1.54) is 0 Å². The molecule has 1 unspecified atom stereocenters. The van der Waals surface area contributed by atoms with Gasteiger partial charge in [0, 0.05) is 10.7 Å². The Balaban J connectivity index is 2.27. The fourth-order valence-electron chi connectivity index (χ4n) is 1.39. The molecule has 0 radical (unpaired) electrons. The summed E-state index contributed by atoms with van der Waals surface area (Å²) in [7, 11) is 0. The van der Waals surface area contributed by atoms with Crippen LogP contribution in [0.25, 0.3) is 0 Å². The minimum atomic E-state index is -0.0340. The molecular formula is C14H21ClN2O. The average Bonchev–Trinajstić information content (AvgIpc) is 2.32. The molecule has 3 nitrogen and oxygen atoms in total. The van der Waals surface area contributed by atoms with E-state index in [0.717, 1.165) is 12.2 Å². The Kier molecular flexibility index (Phi) is 6.16. The number of amides is 1. The Morgan fingerprint density at radius 2 is 1.83 bits per heavy atom. The van der Waals surface area contributed by atoms with Crippen LogP contribution in [-0.4, -0.2) is 19.0 Å². The largest absolute Gasteiger partial charge is 0.325 e. The van der Waals surface area contributed by atoms with Crippen LogP contribution >= 0.6 is 11.6 Å². The first-order valence-corrected chi connectivity index (χ1v) is 6.63. The number of halogens is 1. The lowest BCUT2D eigenvalue weighted by molar-refractivity contribution is -0.115. The van der Waals surface area contributed by atoms with Crippen molar-refractivity contribution in [3.05, 3.63) is 29.3 Å². The summed E-state index contributed by atoms with van der Waals surface area (Å²) in [6.07, 6.45) is 0. The van der Waals surface area contributed by atoms with Gasteiger partial charge >= 0.3 is 0 Å². The third-order valence-electron chi connectivity index (χ3n) is 3.02. The summed E-state index contributed by atoms with van der Waals surface area (Å²) >= 11 is 5.77. The third-order valence-corrected chi connectivity index (χ3v) is 3.27. The smallest absolute Gasteiger partial charge is 0.238 e. The van der Waals surface area contributed by atoms with Crippen molar-refractivity contribution < 1.29 is 4.79 Å². The second kappa shape index (κ2) is 7.39. The topological polar surface area (TPSA) is 41.1 Å². The number of anilines is 1. The van der Waals surface area contributed by atoms with Crippen molar-refractivity contribution >= 4 is 23.2 Å². The van der Waals surface area contributed by atoms with Crippen LogP contribution in [0.4, 0.5) is 5.69 Å². The molecule has 0 spiro atoms. The van der Waals surface area contributed by atoms with Crippen LogP contribution in [-0.2, 0) is 4.79 Å². The number of carbonyl (C=O) groups is 1. The maximum absolute atomic E-state index is 11.6. The number of benzene rings is 1. The predicted molar refractivity (Wildman–Crippen MR) is 77.0 cm³/mol. The molecule has 1 amide bonds. The standard InChI is InChI=1S/C14H21ClN2O/c1-10(2)11(3)8-16-9-14(18)17-13-6-4-12(15)5-7-13/h4-7,10-11,16H,8-9H2,1-3H3,(H,17,18). The SMILES string of the molecule is CC(C)C(C)CNCC(=O)Nc1ccc(Cl)cc1. The number of rotatable bonds is 6. The van der Waals surface area contributed by atoms with E-state index in [1.54, 1.807) is 24.3 Å². The third kappa shape index (κ3) is 5.52. The fraction of sp³-hybridized carbons (Fsp3) is 0.500. The molecule has 1 aromatic carbocycles. The Hall–Kier alpha value is -1.06. The molecule has 0 saturated heterocycles. The Labute approximate surface area is 114 Å². The van der Waals surface area contributed by atoms with Crippen molar-refractivity contribution in [3.8, 4) is 0 Å². The molecule has 1 aromatic rings. The van der Waals surface area contributed by atoms with Crippen molar-refractivity contribution in [1.82, 2.24) is 5.32 Å². The van der Waals surface area contributed by atoms with E-state index in [4.69, 9.17) is 11.6 Å². The van der Waals surface area contributed by atoms with Gasteiger partial charge in [0.2, 0.25) is 5.91 Å². The van der Waals surface area contributed by atoms with Crippen LogP contribution in [0.3, 0.4) is 0 Å². The minimum Gasteiger partial charge on any atom is -0.325 e. The summed E-state index contributed by atoms with van der Waals surface area (Å²) in [6, 6.07) is 7.09. The molecule has 0 aliphatic carbocycles. The van der Waals surface area contributed by atoms with E-state index < -0.39 is 0 Å². The first kappa shape index (κ1) is 15.0. The van der Waals surface area contributed by atoms with E-state index >= 15 is 0 Å². The van der Waals surface area contributed by atoms with Gasteiger partial charge < -0.3 is 10.6 Å². The van der Waals surface area contributed by atoms with Gasteiger partial charge in [-0.1, -0.05) is 32.4 Å². The summed E-state index contributed by atoms with van der Waals surface area (Å²) in [6.45, 7) is 7.72. The van der Waals surface area contributed by atoms with Gasteiger partial charge in [0.05, 0.1) is 6.54 Å². The molecule has 18 heavy (non-hydrogen) atoms. The molecule has 0 heterocycles. The zero-order chi connectivity index (χ0) is 13.5. The Bertz CT molecular complexity index is 376. The van der Waals surface area contributed by atoms with E-state index in [-0.39, 0.29) is 5.91 Å². The van der Waals surface area contributed by atoms with Crippen molar-refractivity contribution in [1.29, 1.82) is 0 Å². The molecule has 2 N–H and O–H groups in total. The predicted octanol–water partition coefficient (Wildman–Crippen LogP) is 3.16. The average molecular weight is 269 g/mol. The molecule has 4 heteroatoms. The number of carbonyl (C=O) groups excluding carboxylic acids is 1. The lowest BCUT2D eigenvalue weighted by Gasteiger charge is -2.15. The first-order chi connectivity index (χ1) is 8.49. The van der Waals surface area contributed by atoms with Crippen molar-refractivity contribution in [3.63, 3.8) is 0 Å². The molecule has 0 aliphatic heterocycles. The highest BCUT2D eigenvalue weighted by atomic mass is 35.5. The highest BCUT2D eigenvalue weighted by molar-refractivity contribution is 6.30. The normalized spacial score (nSPS) is 12.5. The summed E-state index contributed by atoms with van der Waals surface area (Å²) in [5.41, 5.74) is 0.767. The van der Waals surface area contributed by atoms with Crippen molar-refractivity contribution in [2.24, 2.45) is 11.8 Å². The molecular weight excluding hydrogens is 248 g/mol. The van der Waals surface area contributed by atoms with Crippen LogP contribution in [0.15, 0.2) is 24.3 Å². The molecule has 0 aliphatic rings. The maximum atomic E-state index is 11.6. The van der Waals surface area contributed by atoms with Gasteiger partial charge in [-0.15, -0.1) is 0 Å². The number of hydrogen-bond acceptors (Lipinski definition) is 2. The molecule has 0 saturated carbocycles. The van der Waals surface area contributed by atoms with Gasteiger partial charge in [-0.25, -0.2) is 0 Å². The highest BCUT2D eigenvalue weighted by Crippen LogP contribution is 2.13. The molecule has 1 atom stereocenters. The van der Waals surface area contributed by atoms with E-state index in [2.05, 4.69) is 31.4 Å². The van der Waals surface area contributed by atoms with Crippen LogP contribution in [0.1, 0.15) is 20.8 Å². The van der Waals surface area contributed by atoms with Gasteiger partial charge in [0.15, 0.2) is 0 Å². The maximum Gasteiger partial charge on any atom is 0.238 e. The van der Waals surface area contributed by atoms with Crippen LogP contribution in [0.5, 0.6) is 0 Å². The summed E-state index contributed by atoms with van der Waals surface area (Å²) < 4.78 is 0. The second-order valence-electron chi connectivity index (χ2n) is 4.91. The van der Waals surface area contributed by atoms with Crippen LogP contribution in [0.2, 0.25) is 5.02 Å². The molecule has 0 bridgehead atoms. The molecule has 0 aromatic heterocycles. The summed E-state index contributed by atoms with van der Waals surface area (Å²) in [5, 5.41) is 6.64. The van der Waals surface area contributed by atoms with Gasteiger partial charge in [-0.3, -0.25) is 4.79 Å². The van der Waals surface area contributed by atoms with E-state index in [9.17, 15) is 4.79 Å². The number of hydrogen-bond donors (Lipinski definition) is 2. The second-order valence-corrected chi connectivity index (χ2v) is 5.34. The summed E-state index contributed by atoms with van der Waals surface area (Å²) in [5.74, 6) is 1.15. The van der Waals surface area contributed by atoms with E-state index in [0.29, 0.717) is 23.4 Å². The number of nitrogens with one attached hydrogen (secondary N) is 2. The zero-order valence-electron chi connectivity index (χ0n) is 11.2. The summed E-state index contributed by atoms with van der Waals surface area (Å²) in [4.78, 5) is 11.6. The highest BCUT2D eigenvalue weighted by Gasteiger charge is 2.07.